The van der Waals surface area contributed by atoms with Crippen molar-refractivity contribution in [3.05, 3.63) is 82.9 Å². The van der Waals surface area contributed by atoms with Crippen LogP contribution in [0.1, 0.15) is 80.0 Å². The summed E-state index contributed by atoms with van der Waals surface area (Å²) in [7, 11) is 0. The summed E-state index contributed by atoms with van der Waals surface area (Å²) >= 11 is 0. The molecule has 3 aromatic rings. The van der Waals surface area contributed by atoms with Crippen LogP contribution in [-0.2, 0) is 13.0 Å². The van der Waals surface area contributed by atoms with E-state index in [1.165, 1.54) is 25.3 Å². The summed E-state index contributed by atoms with van der Waals surface area (Å²) in [6, 6.07) is 20.1. The van der Waals surface area contributed by atoms with Gasteiger partial charge in [-0.3, -0.25) is 15.6 Å². The predicted octanol–water partition coefficient (Wildman–Crippen LogP) is 6.87. The average Bonchev–Trinajstić information content (AvgIpc) is 2.88. The molecule has 0 radical (unpaired) electrons. The first-order chi connectivity index (χ1) is 17.9. The molecule has 6 nitrogen and oxygen atoms in total. The minimum absolute atomic E-state index is 0.0188. The zero-order chi connectivity index (χ0) is 26.4. The Labute approximate surface area is 220 Å². The fourth-order valence-corrected chi connectivity index (χ4v) is 4.55. The van der Waals surface area contributed by atoms with E-state index in [2.05, 4.69) is 36.8 Å². The van der Waals surface area contributed by atoms with E-state index in [0.717, 1.165) is 29.4 Å². The number of carbonyl (C=O) groups excluding carboxylic acids is 1. The summed E-state index contributed by atoms with van der Waals surface area (Å²) in [6.07, 6.45) is 3.99. The number of hydrazine groups is 1. The monoisotopic (exact) mass is 502 g/mol. The second-order valence-corrected chi connectivity index (χ2v) is 10.0. The molecule has 3 aromatic carbocycles. The highest BCUT2D eigenvalue weighted by Crippen LogP contribution is 2.34. The van der Waals surface area contributed by atoms with Crippen LogP contribution in [0.2, 0.25) is 0 Å². The molecule has 6 heteroatoms. The van der Waals surface area contributed by atoms with Crippen LogP contribution in [0.15, 0.2) is 60.7 Å². The molecule has 0 aromatic heterocycles. The number of rotatable bonds is 12. The molecule has 3 unspecified atom stereocenters. The van der Waals surface area contributed by atoms with Crippen LogP contribution in [0.4, 0.5) is 0 Å². The van der Waals surface area contributed by atoms with E-state index in [9.17, 15) is 9.90 Å². The van der Waals surface area contributed by atoms with Gasteiger partial charge in [-0.05, 0) is 86.6 Å². The minimum atomic E-state index is -0.162. The number of nitrogens with one attached hydrogen (secondary N) is 2. The molecule has 0 spiro atoms. The van der Waals surface area contributed by atoms with Gasteiger partial charge < -0.3 is 14.6 Å². The molecule has 3 N–H and O–H groups in total. The van der Waals surface area contributed by atoms with Crippen LogP contribution in [0.5, 0.6) is 23.0 Å². The molecule has 1 fully saturated rings. The molecule has 37 heavy (non-hydrogen) atoms. The smallest absolute Gasteiger partial charge is 0.163 e. The fourth-order valence-electron chi connectivity index (χ4n) is 4.55. The molecular formula is C31H38N2O4. The number of Topliss-reactive ketones (excluding diaryl/α,β-unsaturated/α-hetero) is 1. The Morgan fingerprint density at radius 1 is 1.08 bits per heavy atom. The van der Waals surface area contributed by atoms with Crippen LogP contribution in [0.25, 0.3) is 0 Å². The Bertz CT molecular complexity index is 1210. The topological polar surface area (TPSA) is 79.8 Å². The second-order valence-electron chi connectivity index (χ2n) is 10.0. The highest BCUT2D eigenvalue weighted by Gasteiger charge is 2.26. The van der Waals surface area contributed by atoms with Crippen LogP contribution in [-0.4, -0.2) is 16.9 Å². The third kappa shape index (κ3) is 6.70. The van der Waals surface area contributed by atoms with Gasteiger partial charge in [0, 0.05) is 17.6 Å². The lowest BCUT2D eigenvalue weighted by atomic mass is 9.82. The van der Waals surface area contributed by atoms with Crippen LogP contribution in [0, 0.1) is 5.92 Å². The van der Waals surface area contributed by atoms with E-state index >= 15 is 0 Å². The Hall–Kier alpha value is -3.35. The van der Waals surface area contributed by atoms with Gasteiger partial charge >= 0.3 is 0 Å². The summed E-state index contributed by atoms with van der Waals surface area (Å²) in [4.78, 5) is 11.8. The maximum atomic E-state index is 11.8. The van der Waals surface area contributed by atoms with Gasteiger partial charge in [0.25, 0.3) is 0 Å². The van der Waals surface area contributed by atoms with E-state index in [4.69, 9.17) is 9.47 Å². The van der Waals surface area contributed by atoms with Gasteiger partial charge in [-0.2, -0.15) is 0 Å². The van der Waals surface area contributed by atoms with Crippen molar-refractivity contribution in [2.24, 2.45) is 5.92 Å². The number of aromatic hydroxyl groups is 1. The standard InChI is InChI=1S/C31H38N2O4/c1-5-7-28-30(17-15-27(22(4)34)31(28)35)36-19-23-8-6-9-26(18-23)37-25-13-11-24(12-14-25)21(3)32-33-29-16-10-20(29)2/h6,8-9,11-15,17-18,20-21,29,32-33,35H,5,7,10,16,19H2,1-4H3. The largest absolute Gasteiger partial charge is 0.507 e. The van der Waals surface area contributed by atoms with Gasteiger partial charge in [0.15, 0.2) is 5.78 Å². The highest BCUT2D eigenvalue weighted by molar-refractivity contribution is 5.97. The molecule has 1 saturated carbocycles. The highest BCUT2D eigenvalue weighted by atomic mass is 16.5. The number of hydrogen-bond donors (Lipinski definition) is 3. The third-order valence-electron chi connectivity index (χ3n) is 7.13. The first-order valence-corrected chi connectivity index (χ1v) is 13.2. The van der Waals surface area contributed by atoms with E-state index in [1.807, 2.05) is 43.3 Å². The van der Waals surface area contributed by atoms with E-state index in [0.29, 0.717) is 35.9 Å². The molecule has 0 bridgehead atoms. The summed E-state index contributed by atoms with van der Waals surface area (Å²) in [5.41, 5.74) is 10.0. The SMILES string of the molecule is CCCc1c(OCc2cccc(Oc3ccc(C(C)NNC4CCC4C)cc3)c2)ccc(C(C)=O)c1O. The predicted molar refractivity (Wildman–Crippen MR) is 146 cm³/mol. The molecule has 1 aliphatic rings. The number of hydrogen-bond acceptors (Lipinski definition) is 6. The maximum absolute atomic E-state index is 11.8. The van der Waals surface area contributed by atoms with Crippen molar-refractivity contribution in [2.75, 3.05) is 0 Å². The van der Waals surface area contributed by atoms with E-state index in [-0.39, 0.29) is 17.6 Å². The van der Waals surface area contributed by atoms with Crippen LogP contribution in [0.3, 0.4) is 0 Å². The second kappa shape index (κ2) is 12.3. The van der Waals surface area contributed by atoms with E-state index in [1.54, 1.807) is 12.1 Å². The third-order valence-corrected chi connectivity index (χ3v) is 7.13. The normalized spacial score (nSPS) is 17.6. The van der Waals surface area contributed by atoms with Gasteiger partial charge in [0.1, 0.15) is 29.6 Å². The number of ether oxygens (including phenoxy) is 2. The molecule has 1 aliphatic carbocycles. The number of phenolic OH excluding ortho intramolecular Hbond substituents is 1. The first kappa shape index (κ1) is 26.7. The van der Waals surface area contributed by atoms with Crippen molar-refractivity contribution in [2.45, 2.75) is 72.1 Å². The Morgan fingerprint density at radius 3 is 2.51 bits per heavy atom. The van der Waals surface area contributed by atoms with Gasteiger partial charge in [0.05, 0.1) is 5.56 Å². The Balaban J connectivity index is 1.36. The van der Waals surface area contributed by atoms with Crippen molar-refractivity contribution < 1.29 is 19.4 Å². The van der Waals surface area contributed by atoms with Crippen molar-refractivity contribution in [3.63, 3.8) is 0 Å². The van der Waals surface area contributed by atoms with Crippen molar-refractivity contribution >= 4 is 5.78 Å². The van der Waals surface area contributed by atoms with Crippen molar-refractivity contribution in [3.8, 4) is 23.0 Å². The van der Waals surface area contributed by atoms with Crippen molar-refractivity contribution in [1.82, 2.24) is 10.9 Å². The number of ketones is 1. The molecular weight excluding hydrogens is 464 g/mol. The van der Waals surface area contributed by atoms with Gasteiger partial charge in [-0.25, -0.2) is 0 Å². The molecule has 0 aliphatic heterocycles. The Morgan fingerprint density at radius 2 is 1.86 bits per heavy atom. The van der Waals surface area contributed by atoms with Crippen LogP contribution >= 0.6 is 0 Å². The minimum Gasteiger partial charge on any atom is -0.507 e. The lowest BCUT2D eigenvalue weighted by Crippen LogP contribution is -2.50. The zero-order valence-electron chi connectivity index (χ0n) is 22.2. The number of carbonyl (C=O) groups is 1. The van der Waals surface area contributed by atoms with Gasteiger partial charge in [0.2, 0.25) is 0 Å². The molecule has 196 valence electrons. The molecule has 0 heterocycles. The quantitative estimate of drug-likeness (QED) is 0.185. The summed E-state index contributed by atoms with van der Waals surface area (Å²) in [6.45, 7) is 8.23. The number of phenols is 1. The van der Waals surface area contributed by atoms with E-state index < -0.39 is 0 Å². The average molecular weight is 503 g/mol. The summed E-state index contributed by atoms with van der Waals surface area (Å²) in [5, 5.41) is 10.6. The zero-order valence-corrected chi connectivity index (χ0v) is 22.2. The van der Waals surface area contributed by atoms with Crippen molar-refractivity contribution in [1.29, 1.82) is 0 Å². The van der Waals surface area contributed by atoms with Gasteiger partial charge in [-0.15, -0.1) is 0 Å². The maximum Gasteiger partial charge on any atom is 0.163 e. The number of benzene rings is 3. The Kier molecular flexibility index (Phi) is 8.85. The molecule has 0 amide bonds. The molecule has 0 saturated heterocycles. The fraction of sp³-hybridized carbons (Fsp3) is 0.387. The lowest BCUT2D eigenvalue weighted by molar-refractivity contribution is 0.101. The summed E-state index contributed by atoms with van der Waals surface area (Å²) in [5.74, 6) is 2.67. The molecule has 3 atom stereocenters. The van der Waals surface area contributed by atoms with Gasteiger partial charge in [-0.1, -0.05) is 44.5 Å². The van der Waals surface area contributed by atoms with Crippen LogP contribution < -0.4 is 20.3 Å². The first-order valence-electron chi connectivity index (χ1n) is 13.2. The summed E-state index contributed by atoms with van der Waals surface area (Å²) < 4.78 is 12.2. The molecule has 4 rings (SSSR count). The lowest BCUT2D eigenvalue weighted by Gasteiger charge is -2.35.